The largest absolute Gasteiger partial charge is 0.493 e. The molecule has 0 saturated carbocycles. The second-order valence-electron chi connectivity index (χ2n) is 7.26. The van der Waals surface area contributed by atoms with Crippen LogP contribution in [-0.2, 0) is 6.42 Å². The first-order valence-electron chi connectivity index (χ1n) is 10.7. The zero-order valence-corrected chi connectivity index (χ0v) is 17.4. The predicted octanol–water partition coefficient (Wildman–Crippen LogP) is 6.37. The first-order valence-corrected chi connectivity index (χ1v) is 10.7. The van der Waals surface area contributed by atoms with Gasteiger partial charge in [-0.3, -0.25) is 0 Å². The first-order chi connectivity index (χ1) is 13.8. The molecule has 0 bridgehead atoms. The molecule has 0 amide bonds. The minimum atomic E-state index is 0.0454. The molecule has 1 aromatic carbocycles. The third kappa shape index (κ3) is 7.31. The Kier molecular flexibility index (Phi) is 10.1. The number of unbranched alkanes of at least 4 members (excludes halogenated alkanes) is 5. The van der Waals surface area contributed by atoms with E-state index in [2.05, 4.69) is 18.0 Å². The highest BCUT2D eigenvalue weighted by Crippen LogP contribution is 2.27. The summed E-state index contributed by atoms with van der Waals surface area (Å²) in [6, 6.07) is 12.2. The van der Waals surface area contributed by atoms with Crippen molar-refractivity contribution >= 4 is 0 Å². The third-order valence-electron chi connectivity index (χ3n) is 5.03. The highest BCUT2D eigenvalue weighted by molar-refractivity contribution is 5.63. The second-order valence-corrected chi connectivity index (χ2v) is 7.26. The van der Waals surface area contributed by atoms with E-state index in [1.807, 2.05) is 43.5 Å². The average molecular weight is 380 g/mol. The molecule has 0 fully saturated rings. The lowest BCUT2D eigenvalue weighted by atomic mass is 10.1. The number of para-hydroxylation sites is 1. The average Bonchev–Trinajstić information content (AvgIpc) is 2.74. The van der Waals surface area contributed by atoms with E-state index in [-0.39, 0.29) is 5.92 Å². The maximum atomic E-state index is 9.09. The van der Waals surface area contributed by atoms with Crippen LogP contribution in [0.1, 0.15) is 70.9 Å². The van der Waals surface area contributed by atoms with Gasteiger partial charge in [-0.1, -0.05) is 58.1 Å². The smallest absolute Gasteiger partial charge is 0.163 e. The summed E-state index contributed by atoms with van der Waals surface area (Å²) in [7, 11) is 0. The van der Waals surface area contributed by atoms with E-state index < -0.39 is 0 Å². The van der Waals surface area contributed by atoms with Crippen molar-refractivity contribution < 1.29 is 4.74 Å². The molecule has 0 N–H and O–H groups in total. The lowest BCUT2D eigenvalue weighted by molar-refractivity contribution is 0.292. The molecule has 0 radical (unpaired) electrons. The second kappa shape index (κ2) is 12.9. The van der Waals surface area contributed by atoms with Crippen LogP contribution in [-0.4, -0.2) is 16.6 Å². The van der Waals surface area contributed by atoms with Gasteiger partial charge in [0.15, 0.2) is 5.82 Å². The lowest BCUT2D eigenvalue weighted by Crippen LogP contribution is -2.06. The van der Waals surface area contributed by atoms with Crippen LogP contribution in [0, 0.1) is 17.2 Å². The van der Waals surface area contributed by atoms with Crippen molar-refractivity contribution in [3.05, 3.63) is 42.2 Å². The van der Waals surface area contributed by atoms with Crippen LogP contribution in [0.25, 0.3) is 11.4 Å². The molecule has 0 aliphatic rings. The minimum absolute atomic E-state index is 0.0454. The van der Waals surface area contributed by atoms with Gasteiger partial charge in [-0.05, 0) is 43.9 Å². The number of nitriles is 1. The minimum Gasteiger partial charge on any atom is -0.493 e. The fourth-order valence-electron chi connectivity index (χ4n) is 3.20. The van der Waals surface area contributed by atoms with E-state index in [0.29, 0.717) is 12.4 Å². The zero-order valence-electron chi connectivity index (χ0n) is 17.4. The Bertz CT molecular complexity index is 739. The van der Waals surface area contributed by atoms with Gasteiger partial charge >= 0.3 is 0 Å². The zero-order chi connectivity index (χ0) is 20.0. The molecule has 0 saturated heterocycles. The quantitative estimate of drug-likeness (QED) is 0.380. The maximum Gasteiger partial charge on any atom is 0.163 e. The third-order valence-corrected chi connectivity index (χ3v) is 5.03. The SMILES string of the molecule is CCCCCCCCc1ccnc(-c2ccccc2OCCC(C#N)CC)n1. The van der Waals surface area contributed by atoms with Crippen LogP contribution in [0.15, 0.2) is 36.5 Å². The number of hydrogen-bond donors (Lipinski definition) is 0. The number of ether oxygens (including phenoxy) is 1. The van der Waals surface area contributed by atoms with Gasteiger partial charge in [-0.25, -0.2) is 9.97 Å². The number of aryl methyl sites for hydroxylation is 1. The number of hydrogen-bond acceptors (Lipinski definition) is 4. The number of aromatic nitrogens is 2. The summed E-state index contributed by atoms with van der Waals surface area (Å²) in [5.74, 6) is 1.54. The molecule has 28 heavy (non-hydrogen) atoms. The van der Waals surface area contributed by atoms with Crippen molar-refractivity contribution in [3.63, 3.8) is 0 Å². The summed E-state index contributed by atoms with van der Waals surface area (Å²) in [6.07, 6.45) is 12.1. The number of rotatable bonds is 13. The summed E-state index contributed by atoms with van der Waals surface area (Å²) >= 11 is 0. The number of benzene rings is 1. The highest BCUT2D eigenvalue weighted by Gasteiger charge is 2.11. The summed E-state index contributed by atoms with van der Waals surface area (Å²) in [5, 5.41) is 9.09. The van der Waals surface area contributed by atoms with Crippen LogP contribution in [0.3, 0.4) is 0 Å². The van der Waals surface area contributed by atoms with Gasteiger partial charge in [-0.15, -0.1) is 0 Å². The molecular weight excluding hydrogens is 346 g/mol. The standard InChI is InChI=1S/C24H33N3O/c1-3-5-6-7-8-9-12-21-15-17-26-24(27-21)22-13-10-11-14-23(22)28-18-16-20(4-2)19-25/h10-11,13-15,17,20H,3-9,12,16,18H2,1-2H3. The maximum absolute atomic E-state index is 9.09. The molecule has 150 valence electrons. The van der Waals surface area contributed by atoms with Crippen LogP contribution in [0.4, 0.5) is 0 Å². The Hall–Kier alpha value is -2.41. The van der Waals surface area contributed by atoms with Gasteiger partial charge in [0, 0.05) is 17.8 Å². The normalized spacial score (nSPS) is 11.8. The van der Waals surface area contributed by atoms with Crippen LogP contribution in [0.2, 0.25) is 0 Å². The molecule has 0 aliphatic heterocycles. The van der Waals surface area contributed by atoms with Crippen molar-refractivity contribution in [2.24, 2.45) is 5.92 Å². The Morgan fingerprint density at radius 3 is 2.61 bits per heavy atom. The number of nitrogens with zero attached hydrogens (tertiary/aromatic N) is 3. The van der Waals surface area contributed by atoms with E-state index in [4.69, 9.17) is 15.0 Å². The summed E-state index contributed by atoms with van der Waals surface area (Å²) in [6.45, 7) is 4.81. The molecule has 1 unspecified atom stereocenters. The topological polar surface area (TPSA) is 58.8 Å². The highest BCUT2D eigenvalue weighted by atomic mass is 16.5. The molecule has 1 aromatic heterocycles. The monoisotopic (exact) mass is 379 g/mol. The Labute approximate surface area is 170 Å². The van der Waals surface area contributed by atoms with Gasteiger partial charge in [0.1, 0.15) is 5.75 Å². The van der Waals surface area contributed by atoms with Crippen molar-refractivity contribution in [1.29, 1.82) is 5.26 Å². The summed E-state index contributed by atoms with van der Waals surface area (Å²) < 4.78 is 5.97. The van der Waals surface area contributed by atoms with Crippen LogP contribution in [0.5, 0.6) is 5.75 Å². The van der Waals surface area contributed by atoms with Gasteiger partial charge in [0.25, 0.3) is 0 Å². The molecule has 4 heteroatoms. The Balaban J connectivity index is 1.96. The van der Waals surface area contributed by atoms with E-state index >= 15 is 0 Å². The molecule has 2 aromatic rings. The van der Waals surface area contributed by atoms with Crippen LogP contribution >= 0.6 is 0 Å². The van der Waals surface area contributed by atoms with E-state index in [9.17, 15) is 0 Å². The van der Waals surface area contributed by atoms with E-state index in [1.54, 1.807) is 0 Å². The Morgan fingerprint density at radius 1 is 1.04 bits per heavy atom. The molecule has 2 rings (SSSR count). The van der Waals surface area contributed by atoms with Crippen molar-refractivity contribution in [2.75, 3.05) is 6.61 Å². The summed E-state index contributed by atoms with van der Waals surface area (Å²) in [5.41, 5.74) is 2.00. The van der Waals surface area contributed by atoms with E-state index in [1.165, 1.54) is 38.5 Å². The van der Waals surface area contributed by atoms with Crippen LogP contribution < -0.4 is 4.74 Å². The van der Waals surface area contributed by atoms with Crippen molar-refractivity contribution in [1.82, 2.24) is 9.97 Å². The summed E-state index contributed by atoms with van der Waals surface area (Å²) in [4.78, 5) is 9.24. The lowest BCUT2D eigenvalue weighted by Gasteiger charge is -2.12. The van der Waals surface area contributed by atoms with Crippen molar-refractivity contribution in [2.45, 2.75) is 71.6 Å². The predicted molar refractivity (Wildman–Crippen MR) is 114 cm³/mol. The van der Waals surface area contributed by atoms with Gasteiger partial charge < -0.3 is 4.74 Å². The molecule has 1 heterocycles. The molecule has 4 nitrogen and oxygen atoms in total. The van der Waals surface area contributed by atoms with Gasteiger partial charge in [0.2, 0.25) is 0 Å². The van der Waals surface area contributed by atoms with E-state index in [0.717, 1.165) is 36.3 Å². The first kappa shape index (κ1) is 21.9. The molecule has 1 atom stereocenters. The van der Waals surface area contributed by atoms with Gasteiger partial charge in [0.05, 0.1) is 18.2 Å². The molecular formula is C24H33N3O. The van der Waals surface area contributed by atoms with Gasteiger partial charge in [-0.2, -0.15) is 5.26 Å². The fourth-order valence-corrected chi connectivity index (χ4v) is 3.20. The molecule has 0 aliphatic carbocycles. The van der Waals surface area contributed by atoms with Crippen molar-refractivity contribution in [3.8, 4) is 23.2 Å². The fraction of sp³-hybridized carbons (Fsp3) is 0.542. The molecule has 0 spiro atoms. The Morgan fingerprint density at radius 2 is 1.82 bits per heavy atom.